The minimum atomic E-state index is -1.11. The second kappa shape index (κ2) is 7.79. The summed E-state index contributed by atoms with van der Waals surface area (Å²) >= 11 is 0. The fourth-order valence-electron chi connectivity index (χ4n) is 9.05. The number of hydrogen-bond donors (Lipinski definition) is 2. The highest BCUT2D eigenvalue weighted by molar-refractivity contribution is 5.85. The molecule has 4 aliphatic rings. The summed E-state index contributed by atoms with van der Waals surface area (Å²) in [6.07, 6.45) is 13.4. The largest absolute Gasteiger partial charge is 0.387 e. The monoisotopic (exact) mass is 456 g/mol. The Balaban J connectivity index is 1.63. The van der Waals surface area contributed by atoms with Crippen LogP contribution >= 0.6 is 0 Å². The summed E-state index contributed by atoms with van der Waals surface area (Å²) in [5.74, 6) is 2.45. The Labute approximate surface area is 202 Å². The van der Waals surface area contributed by atoms with Crippen molar-refractivity contribution in [2.45, 2.75) is 112 Å². The normalized spacial score (nSPS) is 44.6. The molecule has 0 heterocycles. The molecule has 33 heavy (non-hydrogen) atoms. The van der Waals surface area contributed by atoms with E-state index in [1.54, 1.807) is 19.4 Å². The van der Waals surface area contributed by atoms with Crippen LogP contribution in [0.4, 0.5) is 0 Å². The number of hydrogen-bond acceptors (Lipinski definition) is 3. The molecule has 0 aliphatic heterocycles. The number of rotatable bonds is 4. The summed E-state index contributed by atoms with van der Waals surface area (Å²) in [4.78, 5) is 12.8. The first kappa shape index (κ1) is 25.2. The van der Waals surface area contributed by atoms with Gasteiger partial charge >= 0.3 is 0 Å². The molecule has 0 spiro atoms. The van der Waals surface area contributed by atoms with Gasteiger partial charge in [-0.25, -0.2) is 0 Å². The van der Waals surface area contributed by atoms with E-state index in [4.69, 9.17) is 0 Å². The van der Waals surface area contributed by atoms with Crippen molar-refractivity contribution in [3.8, 4) is 0 Å². The Morgan fingerprint density at radius 2 is 1.73 bits per heavy atom. The highest BCUT2D eigenvalue weighted by Crippen LogP contribution is 2.73. The van der Waals surface area contributed by atoms with Crippen molar-refractivity contribution in [1.29, 1.82) is 0 Å². The molecule has 8 atom stereocenters. The summed E-state index contributed by atoms with van der Waals surface area (Å²) in [6, 6.07) is 0. The standard InChI is InChI=1S/C30H48O3/c1-19(9-12-25(32)27(4,5)33)20-13-17-30(8)22-10-11-23-26(2,3)24(31)15-16-28(23,6)21(22)14-18-29(20,30)7/h9-10,12,19-21,23,25,32-33H,11,13-18H2,1-8H3/b12-9+/t19-,20-,21?,23-,25?,28+,29-,30+/m0/s1. The van der Waals surface area contributed by atoms with Gasteiger partial charge in [0.05, 0.1) is 5.60 Å². The van der Waals surface area contributed by atoms with Crippen LogP contribution in [0.25, 0.3) is 0 Å². The molecule has 0 radical (unpaired) electrons. The molecule has 0 aromatic rings. The lowest BCUT2D eigenvalue weighted by Gasteiger charge is -2.63. The molecule has 4 rings (SSSR count). The minimum absolute atomic E-state index is 0.205. The van der Waals surface area contributed by atoms with Gasteiger partial charge in [0.15, 0.2) is 0 Å². The third-order valence-electron chi connectivity index (χ3n) is 11.6. The molecular weight excluding hydrogens is 408 g/mol. The summed E-state index contributed by atoms with van der Waals surface area (Å²) in [5.41, 5.74) is 1.05. The average Bonchev–Trinajstić information content (AvgIpc) is 3.00. The lowest BCUT2D eigenvalue weighted by molar-refractivity contribution is -0.145. The SMILES string of the molecule is C[C@@H](/C=C/C(O)C(C)(C)O)[C@@H]1CC[C@]2(C)C3=CC[C@H]4C(C)(C)C(=O)CC[C@]4(C)C3CC[C@@]12C. The van der Waals surface area contributed by atoms with E-state index in [0.717, 1.165) is 19.3 Å². The Hall–Kier alpha value is -0.930. The van der Waals surface area contributed by atoms with E-state index in [-0.39, 0.29) is 21.7 Å². The van der Waals surface area contributed by atoms with E-state index in [1.165, 1.54) is 25.7 Å². The van der Waals surface area contributed by atoms with Crippen LogP contribution in [0, 0.1) is 45.3 Å². The smallest absolute Gasteiger partial charge is 0.138 e. The van der Waals surface area contributed by atoms with Gasteiger partial charge in [0.1, 0.15) is 11.9 Å². The number of ketones is 1. The maximum absolute atomic E-state index is 12.8. The lowest BCUT2D eigenvalue weighted by atomic mass is 9.41. The summed E-state index contributed by atoms with van der Waals surface area (Å²) in [5, 5.41) is 20.4. The summed E-state index contributed by atoms with van der Waals surface area (Å²) < 4.78 is 0. The molecule has 3 fully saturated rings. The second-order valence-electron chi connectivity index (χ2n) is 13.9. The molecule has 2 N–H and O–H groups in total. The highest BCUT2D eigenvalue weighted by atomic mass is 16.3. The molecular formula is C30H48O3. The van der Waals surface area contributed by atoms with Gasteiger partial charge in [-0.2, -0.15) is 0 Å². The van der Waals surface area contributed by atoms with Gasteiger partial charge in [0, 0.05) is 11.8 Å². The van der Waals surface area contributed by atoms with Gasteiger partial charge in [-0.05, 0) is 92.3 Å². The fraction of sp³-hybridized carbons (Fsp3) is 0.833. The Morgan fingerprint density at radius 1 is 1.06 bits per heavy atom. The van der Waals surface area contributed by atoms with Gasteiger partial charge in [0.25, 0.3) is 0 Å². The molecule has 3 nitrogen and oxygen atoms in total. The van der Waals surface area contributed by atoms with Gasteiger partial charge < -0.3 is 10.2 Å². The fourth-order valence-corrected chi connectivity index (χ4v) is 9.05. The zero-order valence-electron chi connectivity index (χ0n) is 22.4. The van der Waals surface area contributed by atoms with Crippen LogP contribution in [0.1, 0.15) is 100 Å². The van der Waals surface area contributed by atoms with Crippen molar-refractivity contribution in [2.24, 2.45) is 45.3 Å². The van der Waals surface area contributed by atoms with Gasteiger partial charge in [-0.1, -0.05) is 65.3 Å². The molecule has 2 unspecified atom stereocenters. The molecule has 4 aliphatic carbocycles. The molecule has 186 valence electrons. The van der Waals surface area contributed by atoms with Crippen LogP contribution in [0.2, 0.25) is 0 Å². The zero-order valence-corrected chi connectivity index (χ0v) is 22.4. The maximum Gasteiger partial charge on any atom is 0.138 e. The van der Waals surface area contributed by atoms with E-state index in [9.17, 15) is 15.0 Å². The van der Waals surface area contributed by atoms with E-state index in [2.05, 4.69) is 53.7 Å². The van der Waals surface area contributed by atoms with Gasteiger partial charge in [0.2, 0.25) is 0 Å². The molecule has 3 saturated carbocycles. The van der Waals surface area contributed by atoms with Crippen molar-refractivity contribution >= 4 is 5.78 Å². The number of fused-ring (bicyclic) bond motifs is 5. The first-order valence-electron chi connectivity index (χ1n) is 13.4. The molecule has 0 amide bonds. The van der Waals surface area contributed by atoms with Crippen molar-refractivity contribution in [3.05, 3.63) is 23.8 Å². The average molecular weight is 457 g/mol. The number of aliphatic hydroxyl groups excluding tert-OH is 1. The maximum atomic E-state index is 12.8. The van der Waals surface area contributed by atoms with Crippen molar-refractivity contribution < 1.29 is 15.0 Å². The van der Waals surface area contributed by atoms with Crippen LogP contribution in [0.3, 0.4) is 0 Å². The van der Waals surface area contributed by atoms with Gasteiger partial charge in [-0.15, -0.1) is 0 Å². The van der Waals surface area contributed by atoms with Crippen LogP contribution < -0.4 is 0 Å². The molecule has 0 aromatic carbocycles. The highest BCUT2D eigenvalue weighted by Gasteiger charge is 2.65. The topological polar surface area (TPSA) is 57.5 Å². The predicted octanol–water partition coefficient (Wildman–Crippen LogP) is 6.48. The number of aliphatic hydroxyl groups is 2. The number of carbonyl (C=O) groups excluding carboxylic acids is 1. The Morgan fingerprint density at radius 3 is 2.36 bits per heavy atom. The van der Waals surface area contributed by atoms with Crippen LogP contribution in [0.5, 0.6) is 0 Å². The Kier molecular flexibility index (Phi) is 5.94. The third-order valence-corrected chi connectivity index (χ3v) is 11.6. The van der Waals surface area contributed by atoms with Crippen LogP contribution in [-0.4, -0.2) is 27.7 Å². The number of carbonyl (C=O) groups is 1. The molecule has 0 bridgehead atoms. The van der Waals surface area contributed by atoms with Crippen molar-refractivity contribution in [3.63, 3.8) is 0 Å². The van der Waals surface area contributed by atoms with Crippen LogP contribution in [0.15, 0.2) is 23.8 Å². The van der Waals surface area contributed by atoms with Crippen LogP contribution in [-0.2, 0) is 4.79 Å². The predicted molar refractivity (Wildman–Crippen MR) is 135 cm³/mol. The second-order valence-corrected chi connectivity index (χ2v) is 13.9. The minimum Gasteiger partial charge on any atom is -0.387 e. The van der Waals surface area contributed by atoms with E-state index in [1.807, 2.05) is 6.08 Å². The lowest BCUT2D eigenvalue weighted by Crippen LogP contribution is -2.57. The third kappa shape index (κ3) is 3.54. The quantitative estimate of drug-likeness (QED) is 0.476. The summed E-state index contributed by atoms with van der Waals surface area (Å²) in [7, 11) is 0. The molecule has 3 heteroatoms. The number of allylic oxidation sites excluding steroid dienone is 3. The first-order chi connectivity index (χ1) is 15.1. The summed E-state index contributed by atoms with van der Waals surface area (Å²) in [6.45, 7) is 17.6. The van der Waals surface area contributed by atoms with E-state index in [0.29, 0.717) is 29.5 Å². The zero-order chi connectivity index (χ0) is 24.6. The number of Topliss-reactive ketones (excluding diaryl/α,β-unsaturated/α-hetero) is 1. The van der Waals surface area contributed by atoms with E-state index < -0.39 is 11.7 Å². The first-order valence-corrected chi connectivity index (χ1v) is 13.4. The van der Waals surface area contributed by atoms with Crippen molar-refractivity contribution in [1.82, 2.24) is 0 Å². The van der Waals surface area contributed by atoms with Crippen molar-refractivity contribution in [2.75, 3.05) is 0 Å². The Bertz CT molecular complexity index is 860. The molecule has 0 saturated heterocycles. The van der Waals surface area contributed by atoms with E-state index >= 15 is 0 Å². The van der Waals surface area contributed by atoms with Gasteiger partial charge in [-0.3, -0.25) is 4.79 Å². The molecule has 0 aromatic heterocycles.